The second-order valence-electron chi connectivity index (χ2n) is 5.49. The lowest BCUT2D eigenvalue weighted by atomic mass is 10.0. The summed E-state index contributed by atoms with van der Waals surface area (Å²) >= 11 is 6.23. The highest BCUT2D eigenvalue weighted by atomic mass is 35.5. The third kappa shape index (κ3) is 2.95. The van der Waals surface area contributed by atoms with E-state index in [-0.39, 0.29) is 11.9 Å². The number of benzene rings is 1. The van der Waals surface area contributed by atoms with Crippen molar-refractivity contribution in [3.63, 3.8) is 0 Å². The molecule has 3 rings (SSSR count). The van der Waals surface area contributed by atoms with Gasteiger partial charge in [0.2, 0.25) is 0 Å². The Morgan fingerprint density at radius 3 is 2.95 bits per heavy atom. The van der Waals surface area contributed by atoms with E-state index in [4.69, 9.17) is 11.6 Å². The number of amides is 1. The van der Waals surface area contributed by atoms with Crippen LogP contribution in [0.15, 0.2) is 36.7 Å². The normalized spacial score (nSPS) is 18.2. The molecule has 5 heteroatoms. The Balaban J connectivity index is 1.76. The predicted molar refractivity (Wildman–Crippen MR) is 82.4 cm³/mol. The fourth-order valence-electron chi connectivity index (χ4n) is 2.93. The van der Waals surface area contributed by atoms with Gasteiger partial charge in [-0.2, -0.15) is 5.10 Å². The molecule has 1 saturated heterocycles. The van der Waals surface area contributed by atoms with Crippen LogP contribution in [0, 0.1) is 0 Å². The molecule has 1 aromatic carbocycles. The molecule has 0 N–H and O–H groups in total. The minimum atomic E-state index is 0.0673. The van der Waals surface area contributed by atoms with E-state index in [2.05, 4.69) is 5.10 Å². The first kappa shape index (κ1) is 14.1. The topological polar surface area (TPSA) is 38.1 Å². The molecule has 0 bridgehead atoms. The third-order valence-corrected chi connectivity index (χ3v) is 4.37. The highest BCUT2D eigenvalue weighted by Crippen LogP contribution is 2.26. The summed E-state index contributed by atoms with van der Waals surface area (Å²) in [5.74, 6) is 0.0673. The summed E-state index contributed by atoms with van der Waals surface area (Å²) in [5.41, 5.74) is 1.76. The van der Waals surface area contributed by atoms with E-state index in [0.29, 0.717) is 5.56 Å². The molecule has 1 fully saturated rings. The van der Waals surface area contributed by atoms with E-state index in [9.17, 15) is 4.79 Å². The van der Waals surface area contributed by atoms with Crippen LogP contribution < -0.4 is 0 Å². The van der Waals surface area contributed by atoms with Crippen molar-refractivity contribution >= 4 is 17.5 Å². The van der Waals surface area contributed by atoms with Gasteiger partial charge in [-0.1, -0.05) is 29.8 Å². The van der Waals surface area contributed by atoms with Crippen LogP contribution in [-0.2, 0) is 13.5 Å². The average molecular weight is 304 g/mol. The highest BCUT2D eigenvalue weighted by molar-refractivity contribution is 6.31. The van der Waals surface area contributed by atoms with Crippen molar-refractivity contribution in [1.82, 2.24) is 14.7 Å². The van der Waals surface area contributed by atoms with Crippen LogP contribution in [0.5, 0.6) is 0 Å². The molecule has 2 heterocycles. The monoisotopic (exact) mass is 303 g/mol. The zero-order valence-corrected chi connectivity index (χ0v) is 12.8. The molecule has 0 spiro atoms. The fraction of sp³-hybridized carbons (Fsp3) is 0.375. The molecular weight excluding hydrogens is 286 g/mol. The van der Waals surface area contributed by atoms with Gasteiger partial charge in [-0.15, -0.1) is 0 Å². The van der Waals surface area contributed by atoms with Gasteiger partial charge in [-0.05, 0) is 30.9 Å². The quantitative estimate of drug-likeness (QED) is 0.874. The highest BCUT2D eigenvalue weighted by Gasteiger charge is 2.30. The second-order valence-corrected chi connectivity index (χ2v) is 5.90. The van der Waals surface area contributed by atoms with Crippen LogP contribution in [0.4, 0.5) is 0 Å². The standard InChI is InChI=1S/C16H18ClN3O/c1-19-11-13(10-18-19)16(21)20-8-4-6-14(20)9-12-5-2-3-7-15(12)17/h2-3,5,7,10-11,14H,4,6,8-9H2,1H3. The van der Waals surface area contributed by atoms with E-state index < -0.39 is 0 Å². The van der Waals surface area contributed by atoms with Crippen LogP contribution in [0.1, 0.15) is 28.8 Å². The molecule has 1 atom stereocenters. The number of hydrogen-bond acceptors (Lipinski definition) is 2. The zero-order valence-electron chi connectivity index (χ0n) is 12.0. The van der Waals surface area contributed by atoms with Crippen molar-refractivity contribution < 1.29 is 4.79 Å². The van der Waals surface area contributed by atoms with Crippen molar-refractivity contribution in [3.05, 3.63) is 52.8 Å². The number of likely N-dealkylation sites (tertiary alicyclic amines) is 1. The fourth-order valence-corrected chi connectivity index (χ4v) is 3.14. The van der Waals surface area contributed by atoms with E-state index in [1.807, 2.05) is 36.2 Å². The van der Waals surface area contributed by atoms with Gasteiger partial charge >= 0.3 is 0 Å². The maximum absolute atomic E-state index is 12.6. The Labute approximate surface area is 129 Å². The number of aromatic nitrogens is 2. The van der Waals surface area contributed by atoms with E-state index in [1.54, 1.807) is 17.1 Å². The van der Waals surface area contributed by atoms with E-state index in [1.165, 1.54) is 0 Å². The summed E-state index contributed by atoms with van der Waals surface area (Å²) in [4.78, 5) is 14.5. The first-order valence-corrected chi connectivity index (χ1v) is 7.56. The van der Waals surface area contributed by atoms with Gasteiger partial charge < -0.3 is 4.90 Å². The predicted octanol–water partition coefficient (Wildman–Crippen LogP) is 2.92. The first-order chi connectivity index (χ1) is 10.1. The van der Waals surface area contributed by atoms with Gasteiger partial charge in [0.1, 0.15) is 0 Å². The molecule has 2 aromatic rings. The molecule has 4 nitrogen and oxygen atoms in total. The van der Waals surface area contributed by atoms with Crippen molar-refractivity contribution in [3.8, 4) is 0 Å². The minimum absolute atomic E-state index is 0.0673. The van der Waals surface area contributed by atoms with Gasteiger partial charge in [0.25, 0.3) is 5.91 Å². The molecule has 0 aliphatic carbocycles. The molecule has 0 saturated carbocycles. The lowest BCUT2D eigenvalue weighted by Gasteiger charge is -2.24. The van der Waals surface area contributed by atoms with Crippen LogP contribution in [-0.4, -0.2) is 33.2 Å². The number of rotatable bonds is 3. The van der Waals surface area contributed by atoms with Gasteiger partial charge in [0.15, 0.2) is 0 Å². The summed E-state index contributed by atoms with van der Waals surface area (Å²) in [6.45, 7) is 0.808. The molecule has 1 aliphatic heterocycles. The third-order valence-electron chi connectivity index (χ3n) is 4.00. The Bertz CT molecular complexity index is 652. The Morgan fingerprint density at radius 1 is 1.43 bits per heavy atom. The largest absolute Gasteiger partial charge is 0.335 e. The molecule has 0 radical (unpaired) electrons. The van der Waals surface area contributed by atoms with Crippen LogP contribution in [0.2, 0.25) is 5.02 Å². The average Bonchev–Trinajstić information content (AvgIpc) is 3.10. The summed E-state index contributed by atoms with van der Waals surface area (Å²) in [6, 6.07) is 8.08. The molecule has 1 unspecified atom stereocenters. The summed E-state index contributed by atoms with van der Waals surface area (Å²) in [7, 11) is 1.82. The van der Waals surface area contributed by atoms with Crippen LogP contribution >= 0.6 is 11.6 Å². The Morgan fingerprint density at radius 2 is 2.24 bits per heavy atom. The molecule has 1 amide bonds. The maximum Gasteiger partial charge on any atom is 0.257 e. The summed E-state index contributed by atoms with van der Waals surface area (Å²) in [6.07, 6.45) is 6.28. The number of carbonyl (C=O) groups excluding carboxylic acids is 1. The summed E-state index contributed by atoms with van der Waals surface area (Å²) < 4.78 is 1.66. The van der Waals surface area contributed by atoms with Crippen LogP contribution in [0.3, 0.4) is 0 Å². The minimum Gasteiger partial charge on any atom is -0.335 e. The number of carbonyl (C=O) groups is 1. The number of aryl methyl sites for hydroxylation is 1. The van der Waals surface area contributed by atoms with Crippen molar-refractivity contribution in [2.45, 2.75) is 25.3 Å². The zero-order chi connectivity index (χ0) is 14.8. The van der Waals surface area contributed by atoms with Crippen molar-refractivity contribution in [2.75, 3.05) is 6.54 Å². The maximum atomic E-state index is 12.6. The molecule has 1 aromatic heterocycles. The Kier molecular flexibility index (Phi) is 3.97. The van der Waals surface area contributed by atoms with Gasteiger partial charge in [-0.3, -0.25) is 9.48 Å². The Hall–Kier alpha value is -1.81. The lowest BCUT2D eigenvalue weighted by molar-refractivity contribution is 0.0736. The molecule has 21 heavy (non-hydrogen) atoms. The van der Waals surface area contributed by atoms with Crippen molar-refractivity contribution in [1.29, 1.82) is 0 Å². The number of hydrogen-bond donors (Lipinski definition) is 0. The number of halogens is 1. The van der Waals surface area contributed by atoms with Crippen LogP contribution in [0.25, 0.3) is 0 Å². The van der Waals surface area contributed by atoms with Gasteiger partial charge in [-0.25, -0.2) is 0 Å². The first-order valence-electron chi connectivity index (χ1n) is 7.18. The molecule has 1 aliphatic rings. The molecule has 110 valence electrons. The van der Waals surface area contributed by atoms with Gasteiger partial charge in [0, 0.05) is 30.9 Å². The smallest absolute Gasteiger partial charge is 0.257 e. The second kappa shape index (κ2) is 5.90. The van der Waals surface area contributed by atoms with Gasteiger partial charge in [0.05, 0.1) is 11.8 Å². The van der Waals surface area contributed by atoms with E-state index >= 15 is 0 Å². The van der Waals surface area contributed by atoms with Crippen molar-refractivity contribution in [2.24, 2.45) is 7.05 Å². The lowest BCUT2D eigenvalue weighted by Crippen LogP contribution is -2.36. The summed E-state index contributed by atoms with van der Waals surface area (Å²) in [5, 5.41) is 4.86. The number of nitrogens with zero attached hydrogens (tertiary/aromatic N) is 3. The SMILES string of the molecule is Cn1cc(C(=O)N2CCCC2Cc2ccccc2Cl)cn1. The van der Waals surface area contributed by atoms with E-state index in [0.717, 1.165) is 36.4 Å². The molecular formula is C16H18ClN3O.